The first-order chi connectivity index (χ1) is 17.9. The highest BCUT2D eigenvalue weighted by molar-refractivity contribution is 5.80. The van der Waals surface area contributed by atoms with E-state index in [2.05, 4.69) is 5.32 Å². The van der Waals surface area contributed by atoms with Crippen molar-refractivity contribution < 1.29 is 59.5 Å². The molecular weight excluding hydrogens is 512 g/mol. The summed E-state index contributed by atoms with van der Waals surface area (Å²) >= 11 is 0. The van der Waals surface area contributed by atoms with Gasteiger partial charge in [-0.25, -0.2) is 0 Å². The fourth-order valence-electron chi connectivity index (χ4n) is 4.98. The average molecular weight is 555 g/mol. The van der Waals surface area contributed by atoms with E-state index in [-0.39, 0.29) is 19.4 Å². The van der Waals surface area contributed by atoms with E-state index < -0.39 is 104 Å². The van der Waals surface area contributed by atoms with Crippen molar-refractivity contribution in [1.29, 1.82) is 0 Å². The second-order valence-corrected chi connectivity index (χ2v) is 10.0. The summed E-state index contributed by atoms with van der Waals surface area (Å²) in [7, 11) is 0. The predicted octanol–water partition coefficient (Wildman–Crippen LogP) is -6.33. The van der Waals surface area contributed by atoms with Crippen LogP contribution in [0.4, 0.5) is 0 Å². The number of aliphatic hydroxyl groups is 7. The van der Waals surface area contributed by atoms with Crippen molar-refractivity contribution >= 4 is 5.91 Å². The number of nitrogens with one attached hydrogen (secondary N) is 1. The first kappa shape index (κ1) is 31.4. The highest BCUT2D eigenvalue weighted by Gasteiger charge is 2.52. The molecule has 0 aromatic rings. The van der Waals surface area contributed by atoms with E-state index in [0.29, 0.717) is 6.42 Å². The number of hydrogen-bond acceptors (Lipinski definition) is 15. The number of carbonyl (C=O) groups excluding carboxylic acids is 1. The number of carbonyl (C=O) groups is 1. The minimum absolute atomic E-state index is 0.0120. The van der Waals surface area contributed by atoms with Gasteiger partial charge in [-0.15, -0.1) is 0 Å². The third kappa shape index (κ3) is 6.61. The fourth-order valence-corrected chi connectivity index (χ4v) is 4.98. The van der Waals surface area contributed by atoms with Crippen molar-refractivity contribution in [2.45, 2.75) is 118 Å². The minimum Gasteiger partial charge on any atom is -0.394 e. The van der Waals surface area contributed by atoms with E-state index in [1.165, 1.54) is 0 Å². The monoisotopic (exact) mass is 554 g/mol. The second kappa shape index (κ2) is 13.5. The Morgan fingerprint density at radius 2 is 1.55 bits per heavy atom. The Morgan fingerprint density at radius 1 is 0.947 bits per heavy atom. The quantitative estimate of drug-likeness (QED) is 0.120. The van der Waals surface area contributed by atoms with E-state index in [4.69, 9.17) is 36.1 Å². The molecule has 15 atom stereocenters. The largest absolute Gasteiger partial charge is 0.394 e. The Balaban J connectivity index is 1.84. The van der Waals surface area contributed by atoms with Crippen LogP contribution in [-0.2, 0) is 23.7 Å². The summed E-state index contributed by atoms with van der Waals surface area (Å²) in [5.74, 6) is -0.788. The summed E-state index contributed by atoms with van der Waals surface area (Å²) in [6.45, 7) is 1.14. The van der Waals surface area contributed by atoms with Crippen LogP contribution in [0.15, 0.2) is 0 Å². The molecule has 2 aliphatic heterocycles. The van der Waals surface area contributed by atoms with Crippen LogP contribution in [0.25, 0.3) is 0 Å². The maximum Gasteiger partial charge on any atom is 0.249 e. The summed E-state index contributed by atoms with van der Waals surface area (Å²) in [6, 6.07) is -3.27. The molecule has 0 aromatic heterocycles. The smallest absolute Gasteiger partial charge is 0.249 e. The number of hydrogen-bond donors (Lipinski definition) is 11. The SMILES string of the molecule is CC[C@H]1O[C@@H](OC2C(O)[C@H](NC(=O)[C@@H](O)CCN)CC(N)[C@H]2O[C@H]2OC(CO)[C@@H](O)C(O)C2N)C(O)C1O. The molecule has 1 aliphatic carbocycles. The molecule has 0 aromatic carbocycles. The van der Waals surface area contributed by atoms with Gasteiger partial charge in [0.25, 0.3) is 0 Å². The molecule has 2 heterocycles. The highest BCUT2D eigenvalue weighted by Crippen LogP contribution is 2.33. The lowest BCUT2D eigenvalue weighted by molar-refractivity contribution is -0.310. The van der Waals surface area contributed by atoms with E-state index in [1.807, 2.05) is 0 Å². The molecule has 3 fully saturated rings. The lowest BCUT2D eigenvalue weighted by Crippen LogP contribution is -2.69. The standard InChI is InChI=1S/C22H42N4O12/c1-2-10-14(30)17(33)22(35-10)38-19-13(29)8(26-20(34)9(28)3-4-23)5-7(24)18(19)37-21-12(25)16(32)15(31)11(6-27)36-21/h7-19,21-22,27-33H,2-6,23-25H2,1H3,(H,26,34)/t7?,8-,9+,10-,11?,12?,13?,14?,15-,16?,17?,18-,19?,21-,22+/m1/s1. The van der Waals surface area contributed by atoms with Crippen LogP contribution in [-0.4, -0.2) is 147 Å². The number of rotatable bonds is 10. The van der Waals surface area contributed by atoms with Gasteiger partial charge in [0.05, 0.1) is 24.8 Å². The van der Waals surface area contributed by atoms with Gasteiger partial charge in [-0.1, -0.05) is 6.92 Å². The summed E-state index contributed by atoms with van der Waals surface area (Å²) in [6.07, 6.45) is -15.8. The molecule has 3 aliphatic rings. The van der Waals surface area contributed by atoms with Crippen LogP contribution < -0.4 is 22.5 Å². The van der Waals surface area contributed by atoms with Gasteiger partial charge in [0.2, 0.25) is 5.91 Å². The Bertz CT molecular complexity index is 768. The summed E-state index contributed by atoms with van der Waals surface area (Å²) < 4.78 is 22.9. The van der Waals surface area contributed by atoms with Crippen LogP contribution in [0.2, 0.25) is 0 Å². The Labute approximate surface area is 219 Å². The van der Waals surface area contributed by atoms with E-state index in [9.17, 15) is 40.5 Å². The van der Waals surface area contributed by atoms with Crippen LogP contribution in [0.1, 0.15) is 26.2 Å². The predicted molar refractivity (Wildman–Crippen MR) is 127 cm³/mol. The van der Waals surface area contributed by atoms with Crippen molar-refractivity contribution in [2.24, 2.45) is 17.2 Å². The zero-order valence-electron chi connectivity index (χ0n) is 21.1. The molecule has 3 rings (SSSR count). The van der Waals surface area contributed by atoms with Gasteiger partial charge in [-0.3, -0.25) is 4.79 Å². The Hall–Kier alpha value is -1.09. The van der Waals surface area contributed by atoms with E-state index in [1.54, 1.807) is 6.92 Å². The van der Waals surface area contributed by atoms with Crippen molar-refractivity contribution in [3.63, 3.8) is 0 Å². The minimum atomic E-state index is -1.52. The number of amides is 1. The lowest BCUT2D eigenvalue weighted by Gasteiger charge is -2.47. The van der Waals surface area contributed by atoms with Crippen LogP contribution >= 0.6 is 0 Å². The zero-order valence-corrected chi connectivity index (χ0v) is 21.1. The molecule has 0 radical (unpaired) electrons. The molecule has 1 amide bonds. The highest BCUT2D eigenvalue weighted by atomic mass is 16.7. The molecule has 8 unspecified atom stereocenters. The zero-order chi connectivity index (χ0) is 28.3. The third-order valence-electron chi connectivity index (χ3n) is 7.32. The van der Waals surface area contributed by atoms with Crippen LogP contribution in [0.5, 0.6) is 0 Å². The number of ether oxygens (including phenoxy) is 4. The maximum absolute atomic E-state index is 12.4. The molecule has 1 saturated carbocycles. The van der Waals surface area contributed by atoms with Crippen LogP contribution in [0, 0.1) is 0 Å². The molecule has 222 valence electrons. The Kier molecular flexibility index (Phi) is 11.2. The summed E-state index contributed by atoms with van der Waals surface area (Å²) in [4.78, 5) is 12.4. The van der Waals surface area contributed by atoms with Gasteiger partial charge in [-0.05, 0) is 25.8 Å². The number of aliphatic hydroxyl groups excluding tert-OH is 7. The molecule has 0 spiro atoms. The van der Waals surface area contributed by atoms with Crippen molar-refractivity contribution in [2.75, 3.05) is 13.2 Å². The van der Waals surface area contributed by atoms with Gasteiger partial charge in [0.15, 0.2) is 12.6 Å². The van der Waals surface area contributed by atoms with Crippen molar-refractivity contribution in [3.8, 4) is 0 Å². The third-order valence-corrected chi connectivity index (χ3v) is 7.32. The summed E-state index contributed by atoms with van der Waals surface area (Å²) in [5.41, 5.74) is 17.7. The molecule has 16 nitrogen and oxygen atoms in total. The van der Waals surface area contributed by atoms with Gasteiger partial charge in [0.1, 0.15) is 54.9 Å². The number of nitrogens with two attached hydrogens (primary N) is 3. The first-order valence-corrected chi connectivity index (χ1v) is 12.8. The maximum atomic E-state index is 12.4. The van der Waals surface area contributed by atoms with Gasteiger partial charge in [-0.2, -0.15) is 0 Å². The van der Waals surface area contributed by atoms with Gasteiger partial charge < -0.3 is 77.2 Å². The first-order valence-electron chi connectivity index (χ1n) is 12.8. The van der Waals surface area contributed by atoms with Gasteiger partial charge >= 0.3 is 0 Å². The molecule has 0 bridgehead atoms. The molecule has 16 heteroatoms. The average Bonchev–Trinajstić information content (AvgIpc) is 3.16. The van der Waals surface area contributed by atoms with E-state index >= 15 is 0 Å². The normalized spacial score (nSPS) is 46.6. The van der Waals surface area contributed by atoms with Crippen molar-refractivity contribution in [1.82, 2.24) is 5.32 Å². The van der Waals surface area contributed by atoms with E-state index in [0.717, 1.165) is 0 Å². The fraction of sp³-hybridized carbons (Fsp3) is 0.955. The Morgan fingerprint density at radius 3 is 2.13 bits per heavy atom. The lowest BCUT2D eigenvalue weighted by atomic mass is 9.83. The van der Waals surface area contributed by atoms with Crippen molar-refractivity contribution in [3.05, 3.63) is 0 Å². The topological polar surface area (TPSA) is 286 Å². The molecular formula is C22H42N4O12. The molecule has 38 heavy (non-hydrogen) atoms. The van der Waals surface area contributed by atoms with Crippen LogP contribution in [0.3, 0.4) is 0 Å². The summed E-state index contributed by atoms with van der Waals surface area (Å²) in [5, 5.41) is 74.3. The second-order valence-electron chi connectivity index (χ2n) is 10.0. The van der Waals surface area contributed by atoms with Gasteiger partial charge in [0, 0.05) is 6.04 Å². The molecule has 14 N–H and O–H groups in total. The molecule has 2 saturated heterocycles.